The molecule has 0 bridgehead atoms. The number of hydrogen-bond acceptors (Lipinski definition) is 3. The summed E-state index contributed by atoms with van der Waals surface area (Å²) >= 11 is 5.98. The number of nitrogens with one attached hydrogen (secondary N) is 2. The Morgan fingerprint density at radius 3 is 2.71 bits per heavy atom. The largest absolute Gasteiger partial charge is 0.336 e. The van der Waals surface area contributed by atoms with E-state index in [1.165, 1.54) is 0 Å². The normalized spacial score (nSPS) is 12.8. The Balaban J connectivity index is 2.00. The van der Waals surface area contributed by atoms with Crippen LogP contribution in [-0.4, -0.2) is 16.0 Å². The number of benzene rings is 2. The lowest BCUT2D eigenvalue weighted by Gasteiger charge is -2.10. The fourth-order valence-corrected chi connectivity index (χ4v) is 2.92. The van der Waals surface area contributed by atoms with Gasteiger partial charge in [0.1, 0.15) is 17.5 Å². The van der Waals surface area contributed by atoms with Crippen LogP contribution in [0.4, 0.5) is 20.2 Å². The molecular weight excluding hydrogens is 334 g/mol. The number of amidine groups is 1. The Morgan fingerprint density at radius 2 is 1.88 bits per heavy atom. The number of aromatic amines is 1. The number of halogens is 3. The number of anilines is 1. The Labute approximate surface area is 141 Å². The van der Waals surface area contributed by atoms with Gasteiger partial charge in [-0.1, -0.05) is 23.2 Å². The van der Waals surface area contributed by atoms with Crippen molar-refractivity contribution in [2.24, 2.45) is 4.99 Å². The number of aromatic nitrogens is 2. The van der Waals surface area contributed by atoms with Crippen LogP contribution in [0.3, 0.4) is 0 Å². The first-order chi connectivity index (χ1) is 11.5. The lowest BCUT2D eigenvalue weighted by Crippen LogP contribution is -2.15. The molecule has 24 heavy (non-hydrogen) atoms. The molecule has 0 aliphatic carbocycles. The Kier molecular flexibility index (Phi) is 3.35. The summed E-state index contributed by atoms with van der Waals surface area (Å²) in [7, 11) is 0. The Bertz CT molecular complexity index is 994. The fourth-order valence-electron chi connectivity index (χ4n) is 2.67. The number of H-pyrrole nitrogens is 1. The third kappa shape index (κ3) is 2.27. The first-order valence-electron chi connectivity index (χ1n) is 7.18. The van der Waals surface area contributed by atoms with Gasteiger partial charge in [0.05, 0.1) is 33.9 Å². The van der Waals surface area contributed by atoms with E-state index >= 15 is 0 Å². The van der Waals surface area contributed by atoms with Crippen LogP contribution in [0.5, 0.6) is 0 Å². The smallest absolute Gasteiger partial charge is 0.143 e. The molecule has 0 amide bonds. The molecule has 2 N–H and O–H groups in total. The topological polar surface area (TPSA) is 53.1 Å². The van der Waals surface area contributed by atoms with Crippen molar-refractivity contribution in [1.29, 1.82) is 0 Å². The van der Waals surface area contributed by atoms with E-state index in [2.05, 4.69) is 20.5 Å². The van der Waals surface area contributed by atoms with Gasteiger partial charge in [-0.2, -0.15) is 5.10 Å². The van der Waals surface area contributed by atoms with Crippen LogP contribution in [0.1, 0.15) is 11.1 Å². The Hall–Kier alpha value is -2.73. The summed E-state index contributed by atoms with van der Waals surface area (Å²) in [6.07, 6.45) is 1.56. The van der Waals surface area contributed by atoms with E-state index in [0.29, 0.717) is 11.4 Å². The van der Waals surface area contributed by atoms with Crippen LogP contribution in [-0.2, 0) is 0 Å². The SMILES string of the molecule is Cc1ccc2c(c1)-c1[nH]ncc1NC(c1c(F)ccc(F)c1Cl)=N2. The molecule has 4 nitrogen and oxygen atoms in total. The van der Waals surface area contributed by atoms with E-state index in [1.54, 1.807) is 6.20 Å². The van der Waals surface area contributed by atoms with Crippen LogP contribution in [0.15, 0.2) is 41.5 Å². The second-order valence-corrected chi connectivity index (χ2v) is 5.86. The zero-order valence-corrected chi connectivity index (χ0v) is 13.2. The molecule has 1 aliphatic heterocycles. The fraction of sp³-hybridized carbons (Fsp3) is 0.0588. The Morgan fingerprint density at radius 1 is 1.08 bits per heavy atom. The summed E-state index contributed by atoms with van der Waals surface area (Å²) in [5.74, 6) is -1.24. The lowest BCUT2D eigenvalue weighted by molar-refractivity contribution is 0.598. The predicted molar refractivity (Wildman–Crippen MR) is 89.9 cm³/mol. The highest BCUT2D eigenvalue weighted by molar-refractivity contribution is 6.35. The predicted octanol–water partition coefficient (Wildman–Crippen LogP) is 4.82. The molecule has 0 spiro atoms. The van der Waals surface area contributed by atoms with Gasteiger partial charge in [-0.15, -0.1) is 0 Å². The van der Waals surface area contributed by atoms with E-state index in [0.717, 1.165) is 29.0 Å². The highest BCUT2D eigenvalue weighted by atomic mass is 35.5. The molecular formula is C17H11ClF2N4. The van der Waals surface area contributed by atoms with Gasteiger partial charge in [0.25, 0.3) is 0 Å². The summed E-state index contributed by atoms with van der Waals surface area (Å²) in [5, 5.41) is 9.61. The number of rotatable bonds is 1. The minimum absolute atomic E-state index is 0.114. The van der Waals surface area contributed by atoms with Crippen LogP contribution in [0.25, 0.3) is 11.3 Å². The van der Waals surface area contributed by atoms with Crippen molar-refractivity contribution >= 4 is 28.8 Å². The first-order valence-corrected chi connectivity index (χ1v) is 7.56. The van der Waals surface area contributed by atoms with Crippen LogP contribution < -0.4 is 5.32 Å². The van der Waals surface area contributed by atoms with Gasteiger partial charge >= 0.3 is 0 Å². The molecule has 0 saturated heterocycles. The van der Waals surface area contributed by atoms with Gasteiger partial charge in [0.2, 0.25) is 0 Å². The molecule has 0 radical (unpaired) electrons. The van der Waals surface area contributed by atoms with E-state index < -0.39 is 11.6 Å². The molecule has 4 rings (SSSR count). The minimum Gasteiger partial charge on any atom is -0.336 e. The van der Waals surface area contributed by atoms with Gasteiger partial charge in [0, 0.05) is 5.56 Å². The van der Waals surface area contributed by atoms with Crippen molar-refractivity contribution < 1.29 is 8.78 Å². The summed E-state index contributed by atoms with van der Waals surface area (Å²) in [4.78, 5) is 4.47. The summed E-state index contributed by atoms with van der Waals surface area (Å²) in [5.41, 5.74) is 3.68. The van der Waals surface area contributed by atoms with Crippen molar-refractivity contribution in [3.05, 3.63) is 64.3 Å². The van der Waals surface area contributed by atoms with Crippen LogP contribution >= 0.6 is 11.6 Å². The summed E-state index contributed by atoms with van der Waals surface area (Å²) in [6.45, 7) is 1.96. The molecule has 0 atom stereocenters. The molecule has 7 heteroatoms. The molecule has 3 aromatic rings. The van der Waals surface area contributed by atoms with Crippen molar-refractivity contribution in [1.82, 2.24) is 10.2 Å². The zero-order valence-electron chi connectivity index (χ0n) is 12.5. The lowest BCUT2D eigenvalue weighted by atomic mass is 10.1. The molecule has 2 heterocycles. The highest BCUT2D eigenvalue weighted by Crippen LogP contribution is 2.38. The number of fused-ring (bicyclic) bond motifs is 3. The van der Waals surface area contributed by atoms with Gasteiger partial charge in [-0.05, 0) is 31.2 Å². The molecule has 1 aromatic heterocycles. The van der Waals surface area contributed by atoms with Gasteiger partial charge < -0.3 is 5.32 Å². The summed E-state index contributed by atoms with van der Waals surface area (Å²) < 4.78 is 28.1. The average Bonchev–Trinajstić information content (AvgIpc) is 2.95. The molecule has 0 unspecified atom stereocenters. The maximum atomic E-state index is 14.3. The number of aryl methyl sites for hydroxylation is 1. The number of hydrogen-bond donors (Lipinski definition) is 2. The molecule has 120 valence electrons. The number of aliphatic imine (C=N–C) groups is 1. The first kappa shape index (κ1) is 14.8. The molecule has 0 fully saturated rings. The third-order valence-corrected chi connectivity index (χ3v) is 4.20. The van der Waals surface area contributed by atoms with Gasteiger partial charge in [-0.3, -0.25) is 5.10 Å². The molecule has 1 aliphatic rings. The second kappa shape index (κ2) is 5.42. The third-order valence-electron chi connectivity index (χ3n) is 3.83. The van der Waals surface area contributed by atoms with Crippen molar-refractivity contribution in [2.45, 2.75) is 6.92 Å². The summed E-state index contributed by atoms with van der Waals surface area (Å²) in [6, 6.07) is 7.67. The van der Waals surface area contributed by atoms with E-state index in [9.17, 15) is 8.78 Å². The average molecular weight is 345 g/mol. The van der Waals surface area contributed by atoms with Crippen molar-refractivity contribution in [3.8, 4) is 11.3 Å². The van der Waals surface area contributed by atoms with Crippen LogP contribution in [0.2, 0.25) is 5.02 Å². The van der Waals surface area contributed by atoms with Crippen LogP contribution in [0, 0.1) is 18.6 Å². The van der Waals surface area contributed by atoms with Crippen molar-refractivity contribution in [3.63, 3.8) is 0 Å². The minimum atomic E-state index is -0.710. The highest BCUT2D eigenvalue weighted by Gasteiger charge is 2.23. The van der Waals surface area contributed by atoms with E-state index in [-0.39, 0.29) is 16.4 Å². The monoisotopic (exact) mass is 344 g/mol. The van der Waals surface area contributed by atoms with Crippen molar-refractivity contribution in [2.75, 3.05) is 5.32 Å². The van der Waals surface area contributed by atoms with Gasteiger partial charge in [-0.25, -0.2) is 13.8 Å². The second-order valence-electron chi connectivity index (χ2n) is 5.48. The van der Waals surface area contributed by atoms with Gasteiger partial charge in [0.15, 0.2) is 0 Å². The zero-order chi connectivity index (χ0) is 16.8. The molecule has 0 saturated carbocycles. The van der Waals surface area contributed by atoms with E-state index in [4.69, 9.17) is 11.6 Å². The molecule has 2 aromatic carbocycles. The maximum absolute atomic E-state index is 14.3. The number of nitrogens with zero attached hydrogens (tertiary/aromatic N) is 2. The standard InChI is InChI=1S/C17H11ClF2N4/c1-8-2-5-12-9(6-8)16-13(7-21-24-16)23-17(22-12)14-10(19)3-4-11(20)15(14)18/h2-7H,1H3,(H,21,24)(H,22,23). The maximum Gasteiger partial charge on any atom is 0.143 e. The van der Waals surface area contributed by atoms with E-state index in [1.807, 2.05) is 25.1 Å². The quantitative estimate of drug-likeness (QED) is 0.622.